The molecule has 0 saturated carbocycles. The SMILES string of the molecule is CCCC(O)(CCC)CC(=O)Nc1ccc(C(C)(C)C(=O)O)cc1. The maximum atomic E-state index is 12.2. The van der Waals surface area contributed by atoms with Crippen molar-refractivity contribution in [3.8, 4) is 0 Å². The summed E-state index contributed by atoms with van der Waals surface area (Å²) in [5.74, 6) is -1.13. The third-order valence-corrected chi connectivity index (χ3v) is 4.35. The molecule has 5 heteroatoms. The average Bonchev–Trinajstić information content (AvgIpc) is 2.47. The summed E-state index contributed by atoms with van der Waals surface area (Å²) in [6, 6.07) is 6.79. The lowest BCUT2D eigenvalue weighted by Crippen LogP contribution is -2.33. The summed E-state index contributed by atoms with van der Waals surface area (Å²) < 4.78 is 0. The van der Waals surface area contributed by atoms with Crippen LogP contribution in [0.2, 0.25) is 0 Å². The Hall–Kier alpha value is -1.88. The van der Waals surface area contributed by atoms with E-state index in [1.54, 1.807) is 38.1 Å². The van der Waals surface area contributed by atoms with Crippen molar-refractivity contribution >= 4 is 17.6 Å². The Morgan fingerprint density at radius 2 is 1.54 bits per heavy atom. The smallest absolute Gasteiger partial charge is 0.313 e. The van der Waals surface area contributed by atoms with Crippen molar-refractivity contribution in [2.45, 2.75) is 70.8 Å². The van der Waals surface area contributed by atoms with Crippen molar-refractivity contribution in [2.75, 3.05) is 5.32 Å². The van der Waals surface area contributed by atoms with E-state index < -0.39 is 17.0 Å². The number of nitrogens with one attached hydrogen (secondary N) is 1. The lowest BCUT2D eigenvalue weighted by molar-refractivity contribution is -0.142. The minimum absolute atomic E-state index is 0.0665. The van der Waals surface area contributed by atoms with Gasteiger partial charge in [0.15, 0.2) is 0 Å². The van der Waals surface area contributed by atoms with Gasteiger partial charge in [-0.2, -0.15) is 0 Å². The molecule has 134 valence electrons. The highest BCUT2D eigenvalue weighted by Gasteiger charge is 2.30. The molecule has 0 aliphatic heterocycles. The number of carbonyl (C=O) groups is 2. The molecule has 0 aliphatic rings. The molecule has 0 saturated heterocycles. The highest BCUT2D eigenvalue weighted by molar-refractivity contribution is 5.91. The fourth-order valence-electron chi connectivity index (χ4n) is 2.83. The lowest BCUT2D eigenvalue weighted by Gasteiger charge is -2.27. The van der Waals surface area contributed by atoms with E-state index in [-0.39, 0.29) is 12.3 Å². The Morgan fingerprint density at radius 3 is 1.96 bits per heavy atom. The van der Waals surface area contributed by atoms with Crippen LogP contribution in [0.5, 0.6) is 0 Å². The second-order valence-electron chi connectivity index (χ2n) is 6.96. The number of anilines is 1. The quantitative estimate of drug-likeness (QED) is 0.642. The van der Waals surface area contributed by atoms with E-state index in [1.807, 2.05) is 13.8 Å². The normalized spacial score (nSPS) is 12.0. The van der Waals surface area contributed by atoms with Crippen molar-refractivity contribution in [2.24, 2.45) is 0 Å². The Balaban J connectivity index is 2.76. The highest BCUT2D eigenvalue weighted by Crippen LogP contribution is 2.26. The van der Waals surface area contributed by atoms with Gasteiger partial charge in [0.25, 0.3) is 0 Å². The van der Waals surface area contributed by atoms with Crippen LogP contribution >= 0.6 is 0 Å². The molecule has 5 nitrogen and oxygen atoms in total. The van der Waals surface area contributed by atoms with E-state index in [4.69, 9.17) is 0 Å². The van der Waals surface area contributed by atoms with Crippen LogP contribution in [0, 0.1) is 0 Å². The number of aliphatic hydroxyl groups is 1. The molecule has 0 bridgehead atoms. The molecule has 0 heterocycles. The third kappa shape index (κ3) is 5.34. The van der Waals surface area contributed by atoms with Crippen LogP contribution in [-0.2, 0) is 15.0 Å². The highest BCUT2D eigenvalue weighted by atomic mass is 16.4. The van der Waals surface area contributed by atoms with Gasteiger partial charge in [-0.1, -0.05) is 38.8 Å². The van der Waals surface area contributed by atoms with Crippen LogP contribution in [0.4, 0.5) is 5.69 Å². The first-order valence-corrected chi connectivity index (χ1v) is 8.51. The Morgan fingerprint density at radius 1 is 1.04 bits per heavy atom. The molecule has 1 aromatic rings. The second-order valence-corrected chi connectivity index (χ2v) is 6.96. The molecule has 0 atom stereocenters. The minimum Gasteiger partial charge on any atom is -0.481 e. The summed E-state index contributed by atoms with van der Waals surface area (Å²) in [6.45, 7) is 7.25. The topological polar surface area (TPSA) is 86.6 Å². The molecule has 0 aliphatic carbocycles. The van der Waals surface area contributed by atoms with Gasteiger partial charge >= 0.3 is 5.97 Å². The number of aliphatic carboxylic acids is 1. The molecule has 0 spiro atoms. The predicted molar refractivity (Wildman–Crippen MR) is 95.1 cm³/mol. The number of hydrogen-bond donors (Lipinski definition) is 3. The summed E-state index contributed by atoms with van der Waals surface area (Å²) in [5, 5.41) is 22.6. The van der Waals surface area contributed by atoms with E-state index in [0.29, 0.717) is 24.1 Å². The molecule has 0 unspecified atom stereocenters. The molecule has 24 heavy (non-hydrogen) atoms. The van der Waals surface area contributed by atoms with Gasteiger partial charge in [0.2, 0.25) is 5.91 Å². The first-order valence-electron chi connectivity index (χ1n) is 8.51. The number of rotatable bonds is 9. The molecule has 3 N–H and O–H groups in total. The average molecular weight is 335 g/mol. The first-order chi connectivity index (χ1) is 11.1. The molecular formula is C19H29NO4. The molecule has 1 amide bonds. The number of hydrogen-bond acceptors (Lipinski definition) is 3. The van der Waals surface area contributed by atoms with Crippen molar-refractivity contribution in [3.05, 3.63) is 29.8 Å². The molecule has 0 fully saturated rings. The van der Waals surface area contributed by atoms with E-state index in [1.165, 1.54) is 0 Å². The van der Waals surface area contributed by atoms with Gasteiger partial charge < -0.3 is 15.5 Å². The van der Waals surface area contributed by atoms with Crippen molar-refractivity contribution < 1.29 is 19.8 Å². The Bertz CT molecular complexity index is 557. The lowest BCUT2D eigenvalue weighted by atomic mass is 9.85. The van der Waals surface area contributed by atoms with Crippen molar-refractivity contribution in [1.29, 1.82) is 0 Å². The first kappa shape index (κ1) is 20.2. The van der Waals surface area contributed by atoms with Crippen LogP contribution in [0.15, 0.2) is 24.3 Å². The minimum atomic E-state index is -0.981. The number of amides is 1. The van der Waals surface area contributed by atoms with Crippen molar-refractivity contribution in [1.82, 2.24) is 0 Å². The fraction of sp³-hybridized carbons (Fsp3) is 0.579. The van der Waals surface area contributed by atoms with Crippen molar-refractivity contribution in [3.63, 3.8) is 0 Å². The Labute approximate surface area is 144 Å². The van der Waals surface area contributed by atoms with Crippen LogP contribution < -0.4 is 5.32 Å². The van der Waals surface area contributed by atoms with Gasteiger partial charge in [-0.25, -0.2) is 0 Å². The number of carboxylic acids is 1. The maximum absolute atomic E-state index is 12.2. The number of carboxylic acid groups (broad SMARTS) is 1. The fourth-order valence-corrected chi connectivity index (χ4v) is 2.83. The largest absolute Gasteiger partial charge is 0.481 e. The third-order valence-electron chi connectivity index (χ3n) is 4.35. The van der Waals surface area contributed by atoms with Gasteiger partial charge in [0.05, 0.1) is 17.4 Å². The predicted octanol–water partition coefficient (Wildman–Crippen LogP) is 3.71. The number of carbonyl (C=O) groups excluding carboxylic acids is 1. The van der Waals surface area contributed by atoms with Crippen LogP contribution in [0.1, 0.15) is 65.4 Å². The zero-order chi connectivity index (χ0) is 18.4. The maximum Gasteiger partial charge on any atom is 0.313 e. The van der Waals surface area contributed by atoms with E-state index >= 15 is 0 Å². The van der Waals surface area contributed by atoms with Gasteiger partial charge in [-0.15, -0.1) is 0 Å². The number of benzene rings is 1. The van der Waals surface area contributed by atoms with Crippen LogP contribution in [0.3, 0.4) is 0 Å². The molecule has 1 aromatic carbocycles. The summed E-state index contributed by atoms with van der Waals surface area (Å²) >= 11 is 0. The summed E-state index contributed by atoms with van der Waals surface area (Å²) in [5.41, 5.74) is -0.675. The zero-order valence-corrected chi connectivity index (χ0v) is 15.1. The molecule has 1 rings (SSSR count). The van der Waals surface area contributed by atoms with Gasteiger partial charge in [-0.05, 0) is 44.4 Å². The molecule has 0 radical (unpaired) electrons. The summed E-state index contributed by atoms with van der Waals surface area (Å²) in [7, 11) is 0. The van der Waals surface area contributed by atoms with E-state index in [9.17, 15) is 19.8 Å². The molecular weight excluding hydrogens is 306 g/mol. The van der Waals surface area contributed by atoms with Gasteiger partial charge in [0, 0.05) is 5.69 Å². The van der Waals surface area contributed by atoms with E-state index in [2.05, 4.69) is 5.32 Å². The zero-order valence-electron chi connectivity index (χ0n) is 15.1. The standard InChI is InChI=1S/C19H29NO4/c1-5-11-19(24,12-6-2)13-16(21)20-15-9-7-14(8-10-15)18(3,4)17(22)23/h7-10,24H,5-6,11-13H2,1-4H3,(H,20,21)(H,22,23). The second kappa shape index (κ2) is 8.29. The van der Waals surface area contributed by atoms with E-state index in [0.717, 1.165) is 12.8 Å². The van der Waals surface area contributed by atoms with Gasteiger partial charge in [0.1, 0.15) is 0 Å². The van der Waals surface area contributed by atoms with Crippen LogP contribution in [0.25, 0.3) is 0 Å². The summed E-state index contributed by atoms with van der Waals surface area (Å²) in [4.78, 5) is 23.5. The molecule has 0 aromatic heterocycles. The summed E-state index contributed by atoms with van der Waals surface area (Å²) in [6.07, 6.45) is 2.91. The Kier molecular flexibility index (Phi) is 6.96. The van der Waals surface area contributed by atoms with Gasteiger partial charge in [-0.3, -0.25) is 9.59 Å². The van der Waals surface area contributed by atoms with Crippen LogP contribution in [-0.4, -0.2) is 27.7 Å². The monoisotopic (exact) mass is 335 g/mol.